The van der Waals surface area contributed by atoms with Crippen LogP contribution < -0.4 is 0 Å². The van der Waals surface area contributed by atoms with Crippen LogP contribution in [0.4, 0.5) is 0 Å². The Balaban J connectivity index is 1.74. The van der Waals surface area contributed by atoms with Gasteiger partial charge in [-0.05, 0) is 61.4 Å². The fraction of sp³-hybridized carbons (Fsp3) is 0.0800. The number of hydrogen-bond acceptors (Lipinski definition) is 5. The third-order valence-electron chi connectivity index (χ3n) is 5.75. The van der Waals surface area contributed by atoms with E-state index in [1.54, 1.807) is 12.4 Å². The molecule has 0 unspecified atom stereocenters. The van der Waals surface area contributed by atoms with Crippen LogP contribution in [-0.4, -0.2) is 34.7 Å². The van der Waals surface area contributed by atoms with Crippen LogP contribution in [0, 0.1) is 13.8 Å². The Morgan fingerprint density at radius 2 is 1.76 bits per heavy atom. The zero-order valence-electron chi connectivity index (χ0n) is 17.9. The second-order valence-corrected chi connectivity index (χ2v) is 8.28. The van der Waals surface area contributed by atoms with E-state index in [1.165, 1.54) is 6.33 Å². The van der Waals surface area contributed by atoms with Crippen LogP contribution >= 0.6 is 11.6 Å². The lowest BCUT2D eigenvalue weighted by molar-refractivity contribution is 1.00. The van der Waals surface area contributed by atoms with Crippen molar-refractivity contribution < 1.29 is 0 Å². The van der Waals surface area contributed by atoms with Crippen LogP contribution in [0.5, 0.6) is 0 Å². The number of para-hydroxylation sites is 1. The van der Waals surface area contributed by atoms with E-state index in [9.17, 15) is 0 Å². The van der Waals surface area contributed by atoms with Gasteiger partial charge in [0.2, 0.25) is 0 Å². The Morgan fingerprint density at radius 3 is 2.55 bits per heavy atom. The van der Waals surface area contributed by atoms with Crippen molar-refractivity contribution in [3.05, 3.63) is 83.8 Å². The molecule has 0 saturated heterocycles. The molecule has 33 heavy (non-hydrogen) atoms. The topological polar surface area (TPSA) is 85.2 Å². The molecule has 0 saturated carbocycles. The first-order valence-corrected chi connectivity index (χ1v) is 10.8. The van der Waals surface area contributed by atoms with Crippen molar-refractivity contribution >= 4 is 33.5 Å². The molecule has 0 aliphatic heterocycles. The van der Waals surface area contributed by atoms with Crippen molar-refractivity contribution in [1.82, 2.24) is 34.7 Å². The van der Waals surface area contributed by atoms with Gasteiger partial charge in [-0.3, -0.25) is 19.6 Å². The smallest absolute Gasteiger partial charge is 0.157 e. The summed E-state index contributed by atoms with van der Waals surface area (Å²) in [7, 11) is 0. The van der Waals surface area contributed by atoms with Crippen LogP contribution in [-0.2, 0) is 0 Å². The summed E-state index contributed by atoms with van der Waals surface area (Å²) < 4.78 is 2.16. The highest BCUT2D eigenvalue weighted by molar-refractivity contribution is 6.35. The number of pyridine rings is 2. The number of nitrogens with one attached hydrogen (secondary N) is 1. The van der Waals surface area contributed by atoms with E-state index in [4.69, 9.17) is 16.6 Å². The molecule has 4 aromatic heterocycles. The highest BCUT2D eigenvalue weighted by Gasteiger charge is 2.19. The number of H-pyrrole nitrogens is 1. The van der Waals surface area contributed by atoms with Gasteiger partial charge in [0.1, 0.15) is 17.7 Å². The number of aromatic amines is 1. The predicted octanol–water partition coefficient (Wildman–Crippen LogP) is 5.69. The fourth-order valence-electron chi connectivity index (χ4n) is 4.33. The van der Waals surface area contributed by atoms with Crippen LogP contribution in [0.2, 0.25) is 5.02 Å². The van der Waals surface area contributed by atoms with Gasteiger partial charge in [0.05, 0.1) is 21.7 Å². The van der Waals surface area contributed by atoms with Crippen molar-refractivity contribution in [2.24, 2.45) is 0 Å². The van der Waals surface area contributed by atoms with Crippen molar-refractivity contribution in [3.8, 4) is 28.2 Å². The first-order valence-electron chi connectivity index (χ1n) is 10.5. The maximum absolute atomic E-state index is 6.51. The maximum atomic E-state index is 6.51. The second-order valence-electron chi connectivity index (χ2n) is 7.87. The molecule has 0 amide bonds. The fourth-order valence-corrected chi connectivity index (χ4v) is 4.55. The van der Waals surface area contributed by atoms with E-state index in [2.05, 4.69) is 47.9 Å². The highest BCUT2D eigenvalue weighted by Crippen LogP contribution is 2.36. The van der Waals surface area contributed by atoms with E-state index in [0.717, 1.165) is 55.8 Å². The van der Waals surface area contributed by atoms with Crippen LogP contribution in [0.1, 0.15) is 11.5 Å². The largest absolute Gasteiger partial charge is 0.296 e. The number of benzene rings is 2. The van der Waals surface area contributed by atoms with Crippen LogP contribution in [0.3, 0.4) is 0 Å². The molecular formula is C25H18ClN7. The molecule has 4 heterocycles. The molecule has 0 radical (unpaired) electrons. The first-order chi connectivity index (χ1) is 16.1. The number of imidazole rings is 1. The third kappa shape index (κ3) is 3.16. The summed E-state index contributed by atoms with van der Waals surface area (Å²) in [6.07, 6.45) is 5.09. The number of aryl methyl sites for hydroxylation is 2. The quantitative estimate of drug-likeness (QED) is 0.373. The molecule has 0 spiro atoms. The molecule has 8 heteroatoms. The number of halogens is 1. The SMILES string of the molecule is Cc1cc(-n2c(C)nc3c(-c4ncn[nH]4)cc(-c4ccncc4)cc32)c2cccc(Cl)c2n1. The van der Waals surface area contributed by atoms with Gasteiger partial charge in [-0.2, -0.15) is 5.10 Å². The van der Waals surface area contributed by atoms with Gasteiger partial charge in [0.15, 0.2) is 5.82 Å². The molecule has 2 aromatic carbocycles. The lowest BCUT2D eigenvalue weighted by Crippen LogP contribution is -2.01. The molecule has 1 N–H and O–H groups in total. The summed E-state index contributed by atoms with van der Waals surface area (Å²) in [5.74, 6) is 1.52. The van der Waals surface area contributed by atoms with Gasteiger partial charge in [-0.25, -0.2) is 9.97 Å². The van der Waals surface area contributed by atoms with Crippen molar-refractivity contribution in [1.29, 1.82) is 0 Å². The lowest BCUT2D eigenvalue weighted by Gasteiger charge is -2.13. The summed E-state index contributed by atoms with van der Waals surface area (Å²) in [4.78, 5) is 18.2. The van der Waals surface area contributed by atoms with E-state index in [0.29, 0.717) is 10.8 Å². The van der Waals surface area contributed by atoms with Crippen molar-refractivity contribution in [2.45, 2.75) is 13.8 Å². The molecular weight excluding hydrogens is 434 g/mol. The Kier molecular flexibility index (Phi) is 4.45. The number of fused-ring (bicyclic) bond motifs is 2. The molecule has 0 aliphatic rings. The van der Waals surface area contributed by atoms with Gasteiger partial charge in [-0.1, -0.05) is 23.7 Å². The van der Waals surface area contributed by atoms with Gasteiger partial charge in [0.25, 0.3) is 0 Å². The van der Waals surface area contributed by atoms with Gasteiger partial charge in [-0.15, -0.1) is 0 Å². The molecule has 0 bridgehead atoms. The number of hydrogen-bond donors (Lipinski definition) is 1. The molecule has 7 nitrogen and oxygen atoms in total. The molecule has 6 aromatic rings. The molecule has 0 fully saturated rings. The Hall–Kier alpha value is -4.10. The first kappa shape index (κ1) is 19.6. The van der Waals surface area contributed by atoms with Gasteiger partial charge < -0.3 is 0 Å². The summed E-state index contributed by atoms with van der Waals surface area (Å²) in [6.45, 7) is 3.98. The number of aromatic nitrogens is 7. The normalized spacial score (nSPS) is 11.5. The summed E-state index contributed by atoms with van der Waals surface area (Å²) >= 11 is 6.51. The highest BCUT2D eigenvalue weighted by atomic mass is 35.5. The minimum Gasteiger partial charge on any atom is -0.296 e. The third-order valence-corrected chi connectivity index (χ3v) is 6.05. The van der Waals surface area contributed by atoms with E-state index >= 15 is 0 Å². The van der Waals surface area contributed by atoms with Gasteiger partial charge >= 0.3 is 0 Å². The number of rotatable bonds is 3. The lowest BCUT2D eigenvalue weighted by atomic mass is 10.0. The van der Waals surface area contributed by atoms with E-state index in [-0.39, 0.29) is 0 Å². The van der Waals surface area contributed by atoms with E-state index < -0.39 is 0 Å². The van der Waals surface area contributed by atoms with E-state index in [1.807, 2.05) is 44.2 Å². The molecule has 6 rings (SSSR count). The minimum atomic E-state index is 0.624. The monoisotopic (exact) mass is 451 g/mol. The summed E-state index contributed by atoms with van der Waals surface area (Å²) in [6, 6.07) is 16.1. The maximum Gasteiger partial charge on any atom is 0.157 e. The van der Waals surface area contributed by atoms with Crippen LogP contribution in [0.25, 0.3) is 50.1 Å². The zero-order chi connectivity index (χ0) is 22.5. The Morgan fingerprint density at radius 1 is 0.909 bits per heavy atom. The average Bonchev–Trinajstić information content (AvgIpc) is 3.47. The minimum absolute atomic E-state index is 0.624. The van der Waals surface area contributed by atoms with Crippen molar-refractivity contribution in [2.75, 3.05) is 0 Å². The van der Waals surface area contributed by atoms with Gasteiger partial charge in [0, 0.05) is 29.0 Å². The van der Waals surface area contributed by atoms with Crippen LogP contribution in [0.15, 0.2) is 67.3 Å². The molecule has 0 aliphatic carbocycles. The summed E-state index contributed by atoms with van der Waals surface area (Å²) in [5, 5.41) is 8.63. The average molecular weight is 452 g/mol. The molecule has 0 atom stereocenters. The van der Waals surface area contributed by atoms with Crippen molar-refractivity contribution in [3.63, 3.8) is 0 Å². The zero-order valence-corrected chi connectivity index (χ0v) is 18.7. The predicted molar refractivity (Wildman–Crippen MR) is 129 cm³/mol. The second kappa shape index (κ2) is 7.50. The standard InChI is InChI=1S/C25H18ClN7/c1-14-10-21(18-4-3-5-20(26)23(18)30-14)33-15(2)31-24-19(25-28-13-29-32-25)11-17(12-22(24)33)16-6-8-27-9-7-16/h3-13H,1-2H3,(H,28,29,32). The summed E-state index contributed by atoms with van der Waals surface area (Å²) in [5.41, 5.74) is 7.40. The number of nitrogens with zero attached hydrogens (tertiary/aromatic N) is 6. The Labute approximate surface area is 194 Å². The molecule has 160 valence electrons. The Bertz CT molecular complexity index is 1640.